The molecule has 76 valence electrons. The van der Waals surface area contributed by atoms with E-state index in [2.05, 4.69) is 20.9 Å². The molecule has 1 N–H and O–H groups in total. The van der Waals surface area contributed by atoms with E-state index in [1.165, 1.54) is 0 Å². The summed E-state index contributed by atoms with van der Waals surface area (Å²) >= 11 is 3.33. The molecule has 0 amide bonds. The van der Waals surface area contributed by atoms with Crippen molar-refractivity contribution in [1.29, 1.82) is 0 Å². The molecule has 1 rings (SSSR count). The highest BCUT2D eigenvalue weighted by Crippen LogP contribution is 2.24. The predicted molar refractivity (Wildman–Crippen MR) is 57.2 cm³/mol. The molecule has 1 aromatic heterocycles. The number of rotatable bonds is 3. The Kier molecular flexibility index (Phi) is 3.63. The summed E-state index contributed by atoms with van der Waals surface area (Å²) in [6.45, 7) is 3.56. The number of halogens is 1. The first-order valence-corrected chi connectivity index (χ1v) is 5.16. The van der Waals surface area contributed by atoms with Crippen LogP contribution in [0.2, 0.25) is 0 Å². The third-order valence-corrected chi connectivity index (χ3v) is 2.84. The fourth-order valence-corrected chi connectivity index (χ4v) is 1.49. The van der Waals surface area contributed by atoms with Crippen molar-refractivity contribution in [3.8, 4) is 0 Å². The van der Waals surface area contributed by atoms with Gasteiger partial charge in [-0.3, -0.25) is 9.78 Å². The number of aliphatic carboxylic acids is 1. The third-order valence-electron chi connectivity index (χ3n) is 2.35. The summed E-state index contributed by atoms with van der Waals surface area (Å²) in [6.07, 6.45) is 1.67. The first-order valence-electron chi connectivity index (χ1n) is 4.36. The van der Waals surface area contributed by atoms with E-state index in [-0.39, 0.29) is 5.92 Å². The molecule has 0 fully saturated rings. The van der Waals surface area contributed by atoms with Gasteiger partial charge in [-0.15, -0.1) is 0 Å². The van der Waals surface area contributed by atoms with Crippen LogP contribution in [0.3, 0.4) is 0 Å². The van der Waals surface area contributed by atoms with Crippen molar-refractivity contribution >= 4 is 21.9 Å². The van der Waals surface area contributed by atoms with E-state index in [0.717, 1.165) is 10.2 Å². The highest BCUT2D eigenvalue weighted by Gasteiger charge is 2.21. The number of carboxylic acids is 1. The van der Waals surface area contributed by atoms with Gasteiger partial charge >= 0.3 is 5.97 Å². The van der Waals surface area contributed by atoms with Gasteiger partial charge in [0.05, 0.1) is 5.92 Å². The van der Waals surface area contributed by atoms with Crippen LogP contribution in [0.15, 0.2) is 22.8 Å². The average Bonchev–Trinajstić information content (AvgIpc) is 2.15. The number of nitrogens with zero attached hydrogens (tertiary/aromatic N) is 1. The van der Waals surface area contributed by atoms with Crippen LogP contribution in [0.5, 0.6) is 0 Å². The van der Waals surface area contributed by atoms with E-state index in [1.807, 2.05) is 19.1 Å². The molecule has 0 saturated carbocycles. The minimum absolute atomic E-state index is 0.0787. The Morgan fingerprint density at radius 1 is 1.57 bits per heavy atom. The summed E-state index contributed by atoms with van der Waals surface area (Å²) in [6, 6.07) is 3.67. The predicted octanol–water partition coefficient (Wildman–Crippen LogP) is 2.67. The van der Waals surface area contributed by atoms with Crippen molar-refractivity contribution in [3.63, 3.8) is 0 Å². The van der Waals surface area contributed by atoms with Crippen molar-refractivity contribution in [2.24, 2.45) is 5.92 Å². The van der Waals surface area contributed by atoms with Crippen LogP contribution in [0.25, 0.3) is 0 Å². The lowest BCUT2D eigenvalue weighted by molar-refractivity contribution is -0.141. The minimum Gasteiger partial charge on any atom is -0.481 e. The molecule has 0 saturated heterocycles. The molecule has 3 nitrogen and oxygen atoms in total. The molecule has 2 atom stereocenters. The molecular formula is C10H12BrNO2. The van der Waals surface area contributed by atoms with E-state index in [9.17, 15) is 4.79 Å². The minimum atomic E-state index is -0.792. The maximum Gasteiger partial charge on any atom is 0.306 e. The molecular weight excluding hydrogens is 246 g/mol. The molecule has 0 aliphatic heterocycles. The normalized spacial score (nSPS) is 14.8. The number of aromatic nitrogens is 1. The highest BCUT2D eigenvalue weighted by molar-refractivity contribution is 9.10. The van der Waals surface area contributed by atoms with Gasteiger partial charge in [0.15, 0.2) is 0 Å². The second-order valence-corrected chi connectivity index (χ2v) is 4.23. The van der Waals surface area contributed by atoms with Crippen LogP contribution < -0.4 is 0 Å². The Morgan fingerprint density at radius 3 is 2.71 bits per heavy atom. The maximum atomic E-state index is 10.8. The van der Waals surface area contributed by atoms with E-state index < -0.39 is 11.9 Å². The third kappa shape index (κ3) is 2.54. The summed E-state index contributed by atoms with van der Waals surface area (Å²) in [5, 5.41) is 8.84. The molecule has 2 unspecified atom stereocenters. The Hall–Kier alpha value is -0.900. The molecule has 0 bridgehead atoms. The zero-order valence-corrected chi connectivity index (χ0v) is 9.65. The molecule has 1 heterocycles. The Bertz CT molecular complexity index is 341. The first-order chi connectivity index (χ1) is 6.52. The summed E-state index contributed by atoms with van der Waals surface area (Å²) in [5.41, 5.74) is 0.800. The van der Waals surface area contributed by atoms with Crippen LogP contribution in [-0.2, 0) is 4.79 Å². The van der Waals surface area contributed by atoms with Gasteiger partial charge in [-0.1, -0.05) is 29.8 Å². The fourth-order valence-electron chi connectivity index (χ4n) is 1.14. The van der Waals surface area contributed by atoms with Gasteiger partial charge in [0.25, 0.3) is 0 Å². The molecule has 4 heteroatoms. The second kappa shape index (κ2) is 4.55. The lowest BCUT2D eigenvalue weighted by atomic mass is 9.93. The van der Waals surface area contributed by atoms with Gasteiger partial charge in [0, 0.05) is 22.3 Å². The number of carboxylic acid groups (broad SMARTS) is 1. The smallest absolute Gasteiger partial charge is 0.306 e. The van der Waals surface area contributed by atoms with Crippen molar-refractivity contribution in [2.45, 2.75) is 19.8 Å². The zero-order chi connectivity index (χ0) is 10.7. The Balaban J connectivity index is 2.89. The monoisotopic (exact) mass is 257 g/mol. The van der Waals surface area contributed by atoms with Gasteiger partial charge in [0.1, 0.15) is 0 Å². The topological polar surface area (TPSA) is 50.2 Å². The number of carbonyl (C=O) groups is 1. The molecule has 0 aliphatic carbocycles. The van der Waals surface area contributed by atoms with Gasteiger partial charge < -0.3 is 5.11 Å². The lowest BCUT2D eigenvalue weighted by Crippen LogP contribution is -2.17. The van der Waals surface area contributed by atoms with Gasteiger partial charge in [-0.05, 0) is 12.1 Å². The lowest BCUT2D eigenvalue weighted by Gasteiger charge is -2.15. The van der Waals surface area contributed by atoms with Crippen molar-refractivity contribution < 1.29 is 9.90 Å². The quantitative estimate of drug-likeness (QED) is 0.906. The largest absolute Gasteiger partial charge is 0.481 e. The van der Waals surface area contributed by atoms with Crippen LogP contribution >= 0.6 is 15.9 Å². The van der Waals surface area contributed by atoms with Crippen LogP contribution in [0.4, 0.5) is 0 Å². The summed E-state index contributed by atoms with van der Waals surface area (Å²) in [5.74, 6) is -1.29. The first kappa shape index (κ1) is 11.2. The highest BCUT2D eigenvalue weighted by atomic mass is 79.9. The average molecular weight is 258 g/mol. The Labute approximate surface area is 91.3 Å². The van der Waals surface area contributed by atoms with Crippen molar-refractivity contribution in [1.82, 2.24) is 4.98 Å². The molecule has 0 spiro atoms. The van der Waals surface area contributed by atoms with Gasteiger partial charge in [0.2, 0.25) is 0 Å². The van der Waals surface area contributed by atoms with Crippen LogP contribution in [-0.4, -0.2) is 16.1 Å². The number of hydrogen-bond donors (Lipinski definition) is 1. The van der Waals surface area contributed by atoms with Crippen molar-refractivity contribution in [2.75, 3.05) is 0 Å². The SMILES string of the molecule is CC(C(=O)O)C(C)c1cc(Br)ccn1. The maximum absolute atomic E-state index is 10.8. The van der Waals surface area contributed by atoms with E-state index >= 15 is 0 Å². The fraction of sp³-hybridized carbons (Fsp3) is 0.400. The molecule has 1 aromatic rings. The van der Waals surface area contributed by atoms with Gasteiger partial charge in [-0.2, -0.15) is 0 Å². The molecule has 0 radical (unpaired) electrons. The van der Waals surface area contributed by atoms with Crippen LogP contribution in [0, 0.1) is 5.92 Å². The van der Waals surface area contributed by atoms with E-state index in [0.29, 0.717) is 0 Å². The Morgan fingerprint density at radius 2 is 2.21 bits per heavy atom. The zero-order valence-electron chi connectivity index (χ0n) is 8.07. The molecule has 14 heavy (non-hydrogen) atoms. The molecule has 0 aliphatic rings. The summed E-state index contributed by atoms with van der Waals surface area (Å²) < 4.78 is 0.923. The number of hydrogen-bond acceptors (Lipinski definition) is 2. The van der Waals surface area contributed by atoms with Crippen molar-refractivity contribution in [3.05, 3.63) is 28.5 Å². The molecule has 0 aromatic carbocycles. The standard InChI is InChI=1S/C10H12BrNO2/c1-6(7(2)10(13)14)9-5-8(11)3-4-12-9/h3-7H,1-2H3,(H,13,14). The van der Waals surface area contributed by atoms with Crippen LogP contribution in [0.1, 0.15) is 25.5 Å². The van der Waals surface area contributed by atoms with Gasteiger partial charge in [-0.25, -0.2) is 0 Å². The summed E-state index contributed by atoms with van der Waals surface area (Å²) in [4.78, 5) is 14.9. The van der Waals surface area contributed by atoms with E-state index in [1.54, 1.807) is 13.1 Å². The second-order valence-electron chi connectivity index (χ2n) is 3.31. The summed E-state index contributed by atoms with van der Waals surface area (Å²) in [7, 11) is 0. The number of pyridine rings is 1. The van der Waals surface area contributed by atoms with E-state index in [4.69, 9.17) is 5.11 Å².